The second kappa shape index (κ2) is 7.17. The van der Waals surface area contributed by atoms with E-state index in [4.69, 9.17) is 0 Å². The van der Waals surface area contributed by atoms with Gasteiger partial charge in [-0.3, -0.25) is 9.36 Å². The lowest BCUT2D eigenvalue weighted by molar-refractivity contribution is -0.116. The first-order valence-corrected chi connectivity index (χ1v) is 10.3. The number of fused-ring (bicyclic) bond motifs is 2. The molecule has 0 saturated heterocycles. The SMILES string of the molecule is O=C(Nc1ccc2ccccc2n1)C(c1cccc2ccccc12)P(=O)(O)O. The summed E-state index contributed by atoms with van der Waals surface area (Å²) < 4.78 is 12.2. The fourth-order valence-corrected chi connectivity index (χ4v) is 4.25. The second-order valence-electron chi connectivity index (χ2n) is 6.44. The van der Waals surface area contributed by atoms with Gasteiger partial charge in [-0.1, -0.05) is 60.7 Å². The number of benzene rings is 3. The van der Waals surface area contributed by atoms with Crippen molar-refractivity contribution in [1.82, 2.24) is 4.98 Å². The van der Waals surface area contributed by atoms with Gasteiger partial charge in [0.1, 0.15) is 5.82 Å². The molecule has 4 rings (SSSR count). The Balaban J connectivity index is 1.75. The number of hydrogen-bond acceptors (Lipinski definition) is 3. The van der Waals surface area contributed by atoms with Crippen LogP contribution in [0.3, 0.4) is 0 Å². The van der Waals surface area contributed by atoms with Crippen LogP contribution in [0.1, 0.15) is 11.2 Å². The fraction of sp³-hybridized carbons (Fsp3) is 0.0476. The first kappa shape index (κ1) is 18.3. The summed E-state index contributed by atoms with van der Waals surface area (Å²) in [6.45, 7) is 0. The molecule has 6 nitrogen and oxygen atoms in total. The van der Waals surface area contributed by atoms with Crippen molar-refractivity contribution in [2.75, 3.05) is 5.32 Å². The molecule has 140 valence electrons. The summed E-state index contributed by atoms with van der Waals surface area (Å²) in [5.41, 5.74) is -0.671. The summed E-state index contributed by atoms with van der Waals surface area (Å²) in [4.78, 5) is 37.1. The van der Waals surface area contributed by atoms with Crippen molar-refractivity contribution in [3.8, 4) is 0 Å². The van der Waals surface area contributed by atoms with Crippen molar-refractivity contribution in [2.45, 2.75) is 5.66 Å². The van der Waals surface area contributed by atoms with Gasteiger partial charge in [-0.25, -0.2) is 4.98 Å². The Bertz CT molecular complexity index is 1230. The quantitative estimate of drug-likeness (QED) is 0.451. The van der Waals surface area contributed by atoms with Crippen LogP contribution in [0.15, 0.2) is 78.9 Å². The highest BCUT2D eigenvalue weighted by molar-refractivity contribution is 7.53. The van der Waals surface area contributed by atoms with Crippen molar-refractivity contribution in [3.05, 3.63) is 84.4 Å². The number of nitrogens with zero attached hydrogens (tertiary/aromatic N) is 1. The fourth-order valence-electron chi connectivity index (χ4n) is 3.29. The number of amides is 1. The van der Waals surface area contributed by atoms with Crippen molar-refractivity contribution in [2.24, 2.45) is 0 Å². The molecule has 4 aromatic rings. The van der Waals surface area contributed by atoms with Crippen LogP contribution in [0.25, 0.3) is 21.7 Å². The van der Waals surface area contributed by atoms with E-state index in [1.807, 2.05) is 36.4 Å². The van der Waals surface area contributed by atoms with Crippen molar-refractivity contribution >= 4 is 41.0 Å². The van der Waals surface area contributed by atoms with E-state index in [2.05, 4.69) is 10.3 Å². The van der Waals surface area contributed by atoms with Crippen molar-refractivity contribution in [1.29, 1.82) is 0 Å². The smallest absolute Gasteiger partial charge is 0.324 e. The maximum absolute atomic E-state index is 12.9. The minimum atomic E-state index is -4.78. The topological polar surface area (TPSA) is 99.5 Å². The van der Waals surface area contributed by atoms with E-state index in [1.165, 1.54) is 0 Å². The van der Waals surface area contributed by atoms with Gasteiger partial charge in [0.25, 0.3) is 0 Å². The van der Waals surface area contributed by atoms with E-state index in [1.54, 1.807) is 42.5 Å². The van der Waals surface area contributed by atoms with Gasteiger partial charge in [-0.2, -0.15) is 0 Å². The number of anilines is 1. The van der Waals surface area contributed by atoms with Gasteiger partial charge < -0.3 is 15.1 Å². The Morgan fingerprint density at radius 3 is 2.32 bits per heavy atom. The monoisotopic (exact) mass is 392 g/mol. The van der Waals surface area contributed by atoms with Gasteiger partial charge in [0.2, 0.25) is 5.91 Å². The standard InChI is InChI=1S/C21H17N2O4P/c24-21(23-19-13-12-15-7-2-4-11-18(15)22-19)20(28(25,26)27)17-10-5-8-14-6-1-3-9-16(14)17/h1-13,20H,(H,22,23,24)(H2,25,26,27). The highest BCUT2D eigenvalue weighted by atomic mass is 31.2. The number of carbonyl (C=O) groups is 1. The number of carbonyl (C=O) groups excluding carboxylic acids is 1. The molecule has 28 heavy (non-hydrogen) atoms. The van der Waals surface area contributed by atoms with Crippen LogP contribution < -0.4 is 5.32 Å². The molecule has 0 bridgehead atoms. The lowest BCUT2D eigenvalue weighted by Crippen LogP contribution is -2.22. The Hall–Kier alpha value is -3.05. The maximum atomic E-state index is 12.9. The van der Waals surface area contributed by atoms with Gasteiger partial charge in [0, 0.05) is 5.39 Å². The largest absolute Gasteiger partial charge is 0.342 e. The Kier molecular flexibility index (Phi) is 4.69. The van der Waals surface area contributed by atoms with Crippen LogP contribution in [0.5, 0.6) is 0 Å². The first-order valence-electron chi connectivity index (χ1n) is 8.63. The van der Waals surface area contributed by atoms with Crippen LogP contribution >= 0.6 is 7.60 Å². The number of rotatable bonds is 4. The molecule has 1 heterocycles. The van der Waals surface area contributed by atoms with Crippen LogP contribution in [-0.4, -0.2) is 20.7 Å². The molecule has 0 fully saturated rings. The number of hydrogen-bond donors (Lipinski definition) is 3. The van der Waals surface area contributed by atoms with E-state index < -0.39 is 19.2 Å². The molecule has 1 unspecified atom stereocenters. The second-order valence-corrected chi connectivity index (χ2v) is 8.13. The molecule has 0 aliphatic heterocycles. The molecule has 1 atom stereocenters. The zero-order chi connectivity index (χ0) is 19.7. The zero-order valence-corrected chi connectivity index (χ0v) is 15.6. The Morgan fingerprint density at radius 1 is 0.857 bits per heavy atom. The molecule has 3 N–H and O–H groups in total. The molecular weight excluding hydrogens is 375 g/mol. The summed E-state index contributed by atoms with van der Waals surface area (Å²) in [5.74, 6) is -0.560. The Morgan fingerprint density at radius 2 is 1.54 bits per heavy atom. The van der Waals surface area contributed by atoms with Crippen LogP contribution in [-0.2, 0) is 9.36 Å². The minimum Gasteiger partial charge on any atom is -0.324 e. The maximum Gasteiger partial charge on any atom is 0.342 e. The summed E-state index contributed by atoms with van der Waals surface area (Å²) in [7, 11) is -4.78. The van der Waals surface area contributed by atoms with Crippen molar-refractivity contribution in [3.63, 3.8) is 0 Å². The summed E-state index contributed by atoms with van der Waals surface area (Å²) >= 11 is 0. The normalized spacial score (nSPS) is 12.8. The molecule has 0 saturated carbocycles. The number of pyridine rings is 1. The number of nitrogens with one attached hydrogen (secondary N) is 1. The average molecular weight is 392 g/mol. The molecule has 0 aliphatic carbocycles. The zero-order valence-electron chi connectivity index (χ0n) is 14.7. The molecule has 1 aromatic heterocycles. The molecule has 1 amide bonds. The van der Waals surface area contributed by atoms with E-state index in [9.17, 15) is 19.1 Å². The third kappa shape index (κ3) is 3.53. The lowest BCUT2D eigenvalue weighted by atomic mass is 10.0. The molecule has 0 aliphatic rings. The van der Waals surface area contributed by atoms with Gasteiger partial charge >= 0.3 is 7.60 Å². The van der Waals surface area contributed by atoms with Crippen LogP contribution in [0.2, 0.25) is 0 Å². The first-order chi connectivity index (χ1) is 13.4. The lowest BCUT2D eigenvalue weighted by Gasteiger charge is -2.20. The highest BCUT2D eigenvalue weighted by Gasteiger charge is 2.38. The molecule has 7 heteroatoms. The number of aromatic nitrogens is 1. The molecule has 0 radical (unpaired) electrons. The van der Waals surface area contributed by atoms with E-state index in [0.717, 1.165) is 10.8 Å². The van der Waals surface area contributed by atoms with Crippen LogP contribution in [0, 0.1) is 0 Å². The minimum absolute atomic E-state index is 0.238. The predicted molar refractivity (Wildman–Crippen MR) is 109 cm³/mol. The van der Waals surface area contributed by atoms with Gasteiger partial charge in [0.05, 0.1) is 5.52 Å². The van der Waals surface area contributed by atoms with E-state index >= 15 is 0 Å². The third-order valence-electron chi connectivity index (χ3n) is 4.55. The Labute approximate surface area is 161 Å². The average Bonchev–Trinajstić information content (AvgIpc) is 2.67. The van der Waals surface area contributed by atoms with E-state index in [0.29, 0.717) is 10.9 Å². The highest BCUT2D eigenvalue weighted by Crippen LogP contribution is 2.53. The number of para-hydroxylation sites is 1. The molecular formula is C21H17N2O4P. The molecule has 3 aromatic carbocycles. The summed E-state index contributed by atoms with van der Waals surface area (Å²) in [5, 5.41) is 4.89. The van der Waals surface area contributed by atoms with E-state index in [-0.39, 0.29) is 11.4 Å². The van der Waals surface area contributed by atoms with Gasteiger partial charge in [0.15, 0.2) is 5.66 Å². The van der Waals surface area contributed by atoms with Crippen molar-refractivity contribution < 1.29 is 19.1 Å². The van der Waals surface area contributed by atoms with Crippen LogP contribution in [0.4, 0.5) is 5.82 Å². The predicted octanol–water partition coefficient (Wildman–Crippen LogP) is 4.25. The summed E-state index contributed by atoms with van der Waals surface area (Å²) in [6, 6.07) is 23.1. The molecule has 0 spiro atoms. The van der Waals surface area contributed by atoms with Gasteiger partial charge in [-0.05, 0) is 34.5 Å². The van der Waals surface area contributed by atoms with Gasteiger partial charge in [-0.15, -0.1) is 0 Å². The third-order valence-corrected chi connectivity index (χ3v) is 5.74. The summed E-state index contributed by atoms with van der Waals surface area (Å²) in [6.07, 6.45) is 0.